The fraction of sp³-hybridized carbons (Fsp3) is 1.00. The van der Waals surface area contributed by atoms with Gasteiger partial charge in [0.1, 0.15) is 0 Å². The summed E-state index contributed by atoms with van der Waals surface area (Å²) in [5.41, 5.74) is 0.421. The highest BCUT2D eigenvalue weighted by molar-refractivity contribution is 4.91. The van der Waals surface area contributed by atoms with Gasteiger partial charge in [-0.15, -0.1) is 0 Å². The molecular weight excluding hydrogens is 208 g/mol. The van der Waals surface area contributed by atoms with Crippen molar-refractivity contribution in [1.29, 1.82) is 0 Å². The van der Waals surface area contributed by atoms with Crippen LogP contribution in [0.4, 0.5) is 0 Å². The van der Waals surface area contributed by atoms with Gasteiger partial charge in [-0.1, -0.05) is 27.7 Å². The molecule has 0 aromatic heterocycles. The van der Waals surface area contributed by atoms with Gasteiger partial charge in [0, 0.05) is 24.7 Å². The van der Waals surface area contributed by atoms with Crippen LogP contribution in [0.25, 0.3) is 0 Å². The van der Waals surface area contributed by atoms with Gasteiger partial charge in [-0.3, -0.25) is 4.90 Å². The van der Waals surface area contributed by atoms with E-state index in [1.807, 2.05) is 0 Å². The van der Waals surface area contributed by atoms with Crippen molar-refractivity contribution in [3.05, 3.63) is 0 Å². The molecule has 1 fully saturated rings. The van der Waals surface area contributed by atoms with Crippen LogP contribution in [-0.4, -0.2) is 36.1 Å². The second kappa shape index (κ2) is 6.75. The summed E-state index contributed by atoms with van der Waals surface area (Å²) in [7, 11) is 0. The van der Waals surface area contributed by atoms with E-state index >= 15 is 0 Å². The molecule has 0 aromatic carbocycles. The largest absolute Gasteiger partial charge is 0.314 e. The maximum atomic E-state index is 3.70. The summed E-state index contributed by atoms with van der Waals surface area (Å²) in [6, 6.07) is 0.740. The predicted octanol–water partition coefficient (Wildman–Crippen LogP) is 3.28. The van der Waals surface area contributed by atoms with Crippen molar-refractivity contribution < 1.29 is 0 Å². The summed E-state index contributed by atoms with van der Waals surface area (Å²) in [5.74, 6) is 0.785. The zero-order valence-electron chi connectivity index (χ0n) is 12.6. The minimum atomic E-state index is 0.421. The number of likely N-dealkylation sites (tertiary alicyclic amines) is 1. The van der Waals surface area contributed by atoms with E-state index in [4.69, 9.17) is 0 Å². The molecule has 2 atom stereocenters. The van der Waals surface area contributed by atoms with E-state index < -0.39 is 0 Å². The van der Waals surface area contributed by atoms with Crippen LogP contribution in [0.15, 0.2) is 0 Å². The molecule has 2 unspecified atom stereocenters. The van der Waals surface area contributed by atoms with Crippen LogP contribution in [0.3, 0.4) is 0 Å². The normalized spacial score (nSPS) is 27.4. The Morgan fingerprint density at radius 1 is 1.24 bits per heavy atom. The van der Waals surface area contributed by atoms with E-state index in [1.165, 1.54) is 45.3 Å². The molecule has 1 rings (SSSR count). The Bertz CT molecular complexity index is 211. The number of hydrogen-bond acceptors (Lipinski definition) is 2. The molecule has 1 saturated heterocycles. The quantitative estimate of drug-likeness (QED) is 0.766. The molecule has 1 aliphatic heterocycles. The maximum Gasteiger partial charge on any atom is 0.0176 e. The fourth-order valence-corrected chi connectivity index (χ4v) is 2.97. The summed E-state index contributed by atoms with van der Waals surface area (Å²) in [5, 5.41) is 3.70. The molecule has 2 nitrogen and oxygen atoms in total. The van der Waals surface area contributed by atoms with Crippen molar-refractivity contribution in [1.82, 2.24) is 10.2 Å². The summed E-state index contributed by atoms with van der Waals surface area (Å²) in [6.45, 7) is 15.4. The van der Waals surface area contributed by atoms with Gasteiger partial charge >= 0.3 is 0 Å². The lowest BCUT2D eigenvalue weighted by atomic mass is 9.86. The Kier molecular flexibility index (Phi) is 5.94. The van der Waals surface area contributed by atoms with Gasteiger partial charge < -0.3 is 5.32 Å². The zero-order chi connectivity index (χ0) is 12.9. The van der Waals surface area contributed by atoms with Crippen molar-refractivity contribution in [3.63, 3.8) is 0 Å². The number of nitrogens with zero attached hydrogens (tertiary/aromatic N) is 1. The molecule has 102 valence electrons. The molecule has 0 aromatic rings. The molecule has 0 amide bonds. The lowest BCUT2D eigenvalue weighted by Gasteiger charge is -2.47. The highest BCUT2D eigenvalue weighted by atomic mass is 15.2. The van der Waals surface area contributed by atoms with Crippen molar-refractivity contribution in [2.24, 2.45) is 5.92 Å². The third kappa shape index (κ3) is 3.69. The average Bonchev–Trinajstić information content (AvgIpc) is 2.36. The highest BCUT2D eigenvalue weighted by Gasteiger charge is 2.34. The van der Waals surface area contributed by atoms with Gasteiger partial charge in [0.2, 0.25) is 0 Å². The summed E-state index contributed by atoms with van der Waals surface area (Å²) in [6.07, 6.45) is 5.10. The van der Waals surface area contributed by atoms with Crippen molar-refractivity contribution in [2.45, 2.75) is 71.9 Å². The number of nitrogens with one attached hydrogen (secondary N) is 1. The maximum absolute atomic E-state index is 3.70. The molecule has 17 heavy (non-hydrogen) atoms. The van der Waals surface area contributed by atoms with Gasteiger partial charge in [-0.25, -0.2) is 0 Å². The Hall–Kier alpha value is -0.0800. The van der Waals surface area contributed by atoms with Gasteiger partial charge in [0.15, 0.2) is 0 Å². The first-order valence-electron chi connectivity index (χ1n) is 7.55. The van der Waals surface area contributed by atoms with E-state index in [0.717, 1.165) is 12.0 Å². The molecule has 0 saturated carbocycles. The zero-order valence-corrected chi connectivity index (χ0v) is 12.6. The Balaban J connectivity index is 2.51. The molecule has 0 spiro atoms. The van der Waals surface area contributed by atoms with Gasteiger partial charge in [-0.05, 0) is 45.1 Å². The monoisotopic (exact) mass is 240 g/mol. The highest BCUT2D eigenvalue weighted by Crippen LogP contribution is 2.29. The molecule has 0 bridgehead atoms. The van der Waals surface area contributed by atoms with Crippen molar-refractivity contribution in [2.75, 3.05) is 19.6 Å². The molecule has 1 heterocycles. The Labute approximate surface area is 108 Å². The Morgan fingerprint density at radius 3 is 2.35 bits per heavy atom. The third-order valence-corrected chi connectivity index (χ3v) is 4.85. The fourth-order valence-electron chi connectivity index (χ4n) is 2.97. The number of rotatable bonds is 6. The Morgan fingerprint density at radius 2 is 1.88 bits per heavy atom. The smallest absolute Gasteiger partial charge is 0.0176 e. The van der Waals surface area contributed by atoms with Crippen LogP contribution in [-0.2, 0) is 0 Å². The van der Waals surface area contributed by atoms with Gasteiger partial charge in [0.25, 0.3) is 0 Å². The second-order valence-electron chi connectivity index (χ2n) is 5.98. The minimum Gasteiger partial charge on any atom is -0.314 e. The van der Waals surface area contributed by atoms with Crippen LogP contribution < -0.4 is 5.32 Å². The topological polar surface area (TPSA) is 15.3 Å². The third-order valence-electron chi connectivity index (χ3n) is 4.85. The number of hydrogen-bond donors (Lipinski definition) is 1. The molecule has 1 aliphatic rings. The first-order chi connectivity index (χ1) is 8.07. The molecule has 0 aliphatic carbocycles. The standard InChI is InChI=1S/C15H32N2/c1-6-10-16-14-9-11-17(12-13(14)4)15(5,7-2)8-3/h13-14,16H,6-12H2,1-5H3. The average molecular weight is 240 g/mol. The predicted molar refractivity (Wildman–Crippen MR) is 76.4 cm³/mol. The van der Waals surface area contributed by atoms with Crippen LogP contribution >= 0.6 is 0 Å². The van der Waals surface area contributed by atoms with E-state index in [9.17, 15) is 0 Å². The molecular formula is C15H32N2. The second-order valence-corrected chi connectivity index (χ2v) is 5.98. The molecule has 1 N–H and O–H groups in total. The summed E-state index contributed by atoms with van der Waals surface area (Å²) < 4.78 is 0. The summed E-state index contributed by atoms with van der Waals surface area (Å²) in [4.78, 5) is 2.72. The van der Waals surface area contributed by atoms with E-state index in [0.29, 0.717) is 5.54 Å². The lowest BCUT2D eigenvalue weighted by molar-refractivity contribution is 0.0377. The summed E-state index contributed by atoms with van der Waals surface area (Å²) >= 11 is 0. The molecule has 2 heteroatoms. The SMILES string of the molecule is CCCNC1CCN(C(C)(CC)CC)CC1C. The van der Waals surface area contributed by atoms with Gasteiger partial charge in [-0.2, -0.15) is 0 Å². The van der Waals surface area contributed by atoms with Crippen molar-refractivity contribution in [3.8, 4) is 0 Å². The number of piperidine rings is 1. The van der Waals surface area contributed by atoms with E-state index in [-0.39, 0.29) is 0 Å². The van der Waals surface area contributed by atoms with Gasteiger partial charge in [0.05, 0.1) is 0 Å². The molecule has 0 radical (unpaired) electrons. The van der Waals surface area contributed by atoms with Crippen LogP contribution in [0.2, 0.25) is 0 Å². The minimum absolute atomic E-state index is 0.421. The van der Waals surface area contributed by atoms with Crippen LogP contribution in [0, 0.1) is 5.92 Å². The van der Waals surface area contributed by atoms with Crippen LogP contribution in [0.5, 0.6) is 0 Å². The first kappa shape index (κ1) is 15.0. The van der Waals surface area contributed by atoms with E-state index in [2.05, 4.69) is 44.8 Å². The lowest BCUT2D eigenvalue weighted by Crippen LogP contribution is -2.55. The van der Waals surface area contributed by atoms with Crippen LogP contribution in [0.1, 0.15) is 60.3 Å². The first-order valence-corrected chi connectivity index (χ1v) is 7.55. The van der Waals surface area contributed by atoms with Crippen molar-refractivity contribution >= 4 is 0 Å². The van der Waals surface area contributed by atoms with E-state index in [1.54, 1.807) is 0 Å².